The molecule has 0 fully saturated rings. The van der Waals surface area contributed by atoms with Crippen molar-refractivity contribution in [3.8, 4) is 17.2 Å². The van der Waals surface area contributed by atoms with Crippen LogP contribution < -0.4 is 4.74 Å². The van der Waals surface area contributed by atoms with Crippen molar-refractivity contribution in [3.63, 3.8) is 0 Å². The normalized spacial score (nSPS) is 11.2. The highest BCUT2D eigenvalue weighted by molar-refractivity contribution is 5.93. The van der Waals surface area contributed by atoms with Crippen LogP contribution in [0.4, 0.5) is 0 Å². The van der Waals surface area contributed by atoms with Gasteiger partial charge in [0.2, 0.25) is 5.89 Å². The lowest BCUT2D eigenvalue weighted by Gasteiger charge is -1.98. The second-order valence-corrected chi connectivity index (χ2v) is 4.50. The van der Waals surface area contributed by atoms with E-state index in [0.717, 1.165) is 33.4 Å². The van der Waals surface area contributed by atoms with Gasteiger partial charge in [0, 0.05) is 5.39 Å². The van der Waals surface area contributed by atoms with Crippen molar-refractivity contribution < 1.29 is 13.6 Å². The molecule has 2 aromatic carbocycles. The standard InChI is InChI=1S/C16H11NO3/c1-18-10-6-7-14-11(8-10)12(9-19-14)16-17-13-4-2-3-5-15(13)20-16/h2-9H,1H3. The summed E-state index contributed by atoms with van der Waals surface area (Å²) in [7, 11) is 1.64. The second kappa shape index (κ2) is 4.13. The van der Waals surface area contributed by atoms with Gasteiger partial charge >= 0.3 is 0 Å². The van der Waals surface area contributed by atoms with Crippen LogP contribution in [0.2, 0.25) is 0 Å². The van der Waals surface area contributed by atoms with E-state index in [4.69, 9.17) is 13.6 Å². The Balaban J connectivity index is 1.96. The van der Waals surface area contributed by atoms with Gasteiger partial charge in [-0.05, 0) is 30.3 Å². The van der Waals surface area contributed by atoms with Crippen LogP contribution in [0.5, 0.6) is 5.75 Å². The molecular formula is C16H11NO3. The van der Waals surface area contributed by atoms with Gasteiger partial charge in [-0.25, -0.2) is 4.98 Å². The van der Waals surface area contributed by atoms with Gasteiger partial charge in [-0.1, -0.05) is 12.1 Å². The molecule has 0 spiro atoms. The highest BCUT2D eigenvalue weighted by Crippen LogP contribution is 2.33. The lowest BCUT2D eigenvalue weighted by atomic mass is 10.1. The number of furan rings is 1. The second-order valence-electron chi connectivity index (χ2n) is 4.50. The summed E-state index contributed by atoms with van der Waals surface area (Å²) >= 11 is 0. The Morgan fingerprint density at radius 1 is 1.05 bits per heavy atom. The van der Waals surface area contributed by atoms with E-state index in [9.17, 15) is 0 Å². The molecule has 0 saturated carbocycles. The predicted molar refractivity (Wildman–Crippen MR) is 75.8 cm³/mol. The summed E-state index contributed by atoms with van der Waals surface area (Å²) in [5.74, 6) is 1.33. The Bertz CT molecular complexity index is 871. The van der Waals surface area contributed by atoms with Crippen molar-refractivity contribution in [2.24, 2.45) is 0 Å². The molecule has 0 aliphatic heterocycles. The van der Waals surface area contributed by atoms with Crippen LogP contribution in [0, 0.1) is 0 Å². The van der Waals surface area contributed by atoms with Crippen LogP contribution in [0.1, 0.15) is 0 Å². The molecular weight excluding hydrogens is 254 g/mol. The molecule has 4 heteroatoms. The van der Waals surface area contributed by atoms with E-state index in [2.05, 4.69) is 4.98 Å². The minimum absolute atomic E-state index is 0.554. The summed E-state index contributed by atoms with van der Waals surface area (Å²) in [6, 6.07) is 13.3. The number of benzene rings is 2. The molecule has 0 aliphatic carbocycles. The SMILES string of the molecule is COc1ccc2occ(-c3nc4ccccc4o3)c2c1. The first-order valence-corrected chi connectivity index (χ1v) is 6.26. The van der Waals surface area contributed by atoms with Crippen LogP contribution in [-0.2, 0) is 0 Å². The number of methoxy groups -OCH3 is 1. The zero-order valence-corrected chi connectivity index (χ0v) is 10.8. The lowest BCUT2D eigenvalue weighted by Crippen LogP contribution is -1.81. The molecule has 2 heterocycles. The maximum absolute atomic E-state index is 5.78. The quantitative estimate of drug-likeness (QED) is 0.543. The van der Waals surface area contributed by atoms with Crippen LogP contribution in [-0.4, -0.2) is 12.1 Å². The Kier molecular flexibility index (Phi) is 2.29. The highest BCUT2D eigenvalue weighted by Gasteiger charge is 2.14. The topological polar surface area (TPSA) is 48.4 Å². The van der Waals surface area contributed by atoms with Gasteiger partial charge in [0.1, 0.15) is 23.1 Å². The van der Waals surface area contributed by atoms with Crippen LogP contribution in [0.25, 0.3) is 33.5 Å². The van der Waals surface area contributed by atoms with Crippen molar-refractivity contribution in [1.29, 1.82) is 0 Å². The number of hydrogen-bond acceptors (Lipinski definition) is 4. The van der Waals surface area contributed by atoms with Crippen molar-refractivity contribution in [2.45, 2.75) is 0 Å². The maximum atomic E-state index is 5.78. The van der Waals surface area contributed by atoms with E-state index in [0.29, 0.717) is 5.89 Å². The predicted octanol–water partition coefficient (Wildman–Crippen LogP) is 4.25. The monoisotopic (exact) mass is 265 g/mol. The molecule has 0 N–H and O–H groups in total. The first-order chi connectivity index (χ1) is 9.85. The van der Waals surface area contributed by atoms with E-state index in [1.807, 2.05) is 42.5 Å². The third kappa shape index (κ3) is 1.58. The summed E-state index contributed by atoms with van der Waals surface area (Å²) in [5, 5.41) is 0.927. The molecule has 98 valence electrons. The van der Waals surface area contributed by atoms with Crippen molar-refractivity contribution >= 4 is 22.1 Å². The molecule has 4 rings (SSSR count). The number of rotatable bonds is 2. The Hall–Kier alpha value is -2.75. The summed E-state index contributed by atoms with van der Waals surface area (Å²) in [4.78, 5) is 4.49. The number of nitrogens with zero attached hydrogens (tertiary/aromatic N) is 1. The third-order valence-corrected chi connectivity index (χ3v) is 3.30. The lowest BCUT2D eigenvalue weighted by molar-refractivity contribution is 0.415. The fraction of sp³-hybridized carbons (Fsp3) is 0.0625. The first-order valence-electron chi connectivity index (χ1n) is 6.26. The van der Waals surface area contributed by atoms with Gasteiger partial charge in [0.05, 0.1) is 12.7 Å². The van der Waals surface area contributed by atoms with Gasteiger partial charge in [-0.15, -0.1) is 0 Å². The molecule has 0 bridgehead atoms. The largest absolute Gasteiger partial charge is 0.497 e. The molecule has 0 amide bonds. The van der Waals surface area contributed by atoms with E-state index in [-0.39, 0.29) is 0 Å². The summed E-state index contributed by atoms with van der Waals surface area (Å²) in [5.41, 5.74) is 3.21. The Morgan fingerprint density at radius 3 is 2.80 bits per heavy atom. The summed E-state index contributed by atoms with van der Waals surface area (Å²) < 4.78 is 16.6. The van der Waals surface area contributed by atoms with Gasteiger partial charge in [-0.2, -0.15) is 0 Å². The number of oxazole rings is 1. The van der Waals surface area contributed by atoms with Crippen molar-refractivity contribution in [3.05, 3.63) is 48.7 Å². The number of aromatic nitrogens is 1. The summed E-state index contributed by atoms with van der Waals surface area (Å²) in [6.07, 6.45) is 1.66. The smallest absolute Gasteiger partial charge is 0.231 e. The van der Waals surface area contributed by atoms with E-state index < -0.39 is 0 Å². The third-order valence-electron chi connectivity index (χ3n) is 3.30. The number of para-hydroxylation sites is 2. The zero-order valence-electron chi connectivity index (χ0n) is 10.8. The average Bonchev–Trinajstić information content (AvgIpc) is 3.09. The number of hydrogen-bond donors (Lipinski definition) is 0. The molecule has 2 aromatic heterocycles. The molecule has 4 aromatic rings. The van der Waals surface area contributed by atoms with Gasteiger partial charge < -0.3 is 13.6 Å². The van der Waals surface area contributed by atoms with Gasteiger partial charge in [-0.3, -0.25) is 0 Å². The van der Waals surface area contributed by atoms with E-state index >= 15 is 0 Å². The van der Waals surface area contributed by atoms with Crippen LogP contribution in [0.15, 0.2) is 57.6 Å². The van der Waals surface area contributed by atoms with Crippen LogP contribution >= 0.6 is 0 Å². The Labute approximate surface area is 114 Å². The maximum Gasteiger partial charge on any atom is 0.231 e. The van der Waals surface area contributed by atoms with Crippen molar-refractivity contribution in [2.75, 3.05) is 7.11 Å². The average molecular weight is 265 g/mol. The first kappa shape index (κ1) is 11.1. The molecule has 0 aliphatic rings. The highest BCUT2D eigenvalue weighted by atomic mass is 16.5. The number of ether oxygens (including phenoxy) is 1. The summed E-state index contributed by atoms with van der Waals surface area (Å²) in [6.45, 7) is 0. The molecule has 0 saturated heterocycles. The fourth-order valence-electron chi connectivity index (χ4n) is 2.29. The minimum atomic E-state index is 0.554. The van der Waals surface area contributed by atoms with Crippen molar-refractivity contribution in [1.82, 2.24) is 4.98 Å². The Morgan fingerprint density at radius 2 is 1.95 bits per heavy atom. The van der Waals surface area contributed by atoms with Gasteiger partial charge in [0.25, 0.3) is 0 Å². The molecule has 20 heavy (non-hydrogen) atoms. The van der Waals surface area contributed by atoms with Gasteiger partial charge in [0.15, 0.2) is 5.58 Å². The van der Waals surface area contributed by atoms with E-state index in [1.54, 1.807) is 13.4 Å². The zero-order chi connectivity index (χ0) is 13.5. The minimum Gasteiger partial charge on any atom is -0.497 e. The fourth-order valence-corrected chi connectivity index (χ4v) is 2.29. The molecule has 0 unspecified atom stereocenters. The number of fused-ring (bicyclic) bond motifs is 2. The van der Waals surface area contributed by atoms with Crippen LogP contribution in [0.3, 0.4) is 0 Å². The molecule has 0 radical (unpaired) electrons. The molecule has 4 nitrogen and oxygen atoms in total. The molecule has 0 atom stereocenters. The van der Waals surface area contributed by atoms with E-state index in [1.165, 1.54) is 0 Å².